The molecular weight excluding hydrogens is 281 g/mol. The van der Waals surface area contributed by atoms with Crippen molar-refractivity contribution >= 4 is 11.6 Å². The summed E-state index contributed by atoms with van der Waals surface area (Å²) >= 11 is 0. The number of hydrogen-bond acceptors (Lipinski definition) is 2. The van der Waals surface area contributed by atoms with E-state index in [9.17, 15) is 18.0 Å². The number of halogens is 3. The first-order chi connectivity index (χ1) is 9.95. The summed E-state index contributed by atoms with van der Waals surface area (Å²) in [5.41, 5.74) is -0.355. The SMILES string of the molecule is O=C1[C@H]2[C@@H]3CC[C@@H](C3)N2CN1c1cccc(C(F)(F)F)c1. The fourth-order valence-electron chi connectivity index (χ4n) is 4.08. The Morgan fingerprint density at radius 3 is 2.71 bits per heavy atom. The molecule has 2 bridgehead atoms. The number of rotatable bonds is 1. The lowest BCUT2D eigenvalue weighted by atomic mass is 9.99. The van der Waals surface area contributed by atoms with Crippen molar-refractivity contribution in [2.24, 2.45) is 5.92 Å². The fourth-order valence-corrected chi connectivity index (χ4v) is 4.08. The van der Waals surface area contributed by atoms with Crippen LogP contribution >= 0.6 is 0 Å². The summed E-state index contributed by atoms with van der Waals surface area (Å²) < 4.78 is 38.4. The summed E-state index contributed by atoms with van der Waals surface area (Å²) in [6, 6.07) is 5.37. The van der Waals surface area contributed by atoms with E-state index in [0.29, 0.717) is 24.3 Å². The minimum atomic E-state index is -4.38. The van der Waals surface area contributed by atoms with Gasteiger partial charge in [-0.15, -0.1) is 0 Å². The standard InChI is InChI=1S/C15H15F3N2O/c16-15(17,18)10-2-1-3-11(7-10)20-8-19-12-5-4-9(6-12)13(19)14(20)21/h1-3,7,9,12-13H,4-6,8H2/t9-,12+,13-/m1/s1. The van der Waals surface area contributed by atoms with E-state index < -0.39 is 11.7 Å². The summed E-state index contributed by atoms with van der Waals surface area (Å²) in [6.07, 6.45) is -1.15. The molecule has 0 spiro atoms. The highest BCUT2D eigenvalue weighted by Gasteiger charge is 2.54. The molecule has 21 heavy (non-hydrogen) atoms. The molecule has 0 N–H and O–H groups in total. The Morgan fingerprint density at radius 2 is 2.00 bits per heavy atom. The first kappa shape index (κ1) is 13.1. The molecule has 0 unspecified atom stereocenters. The molecule has 0 radical (unpaired) electrons. The molecule has 3 aliphatic rings. The van der Waals surface area contributed by atoms with Gasteiger partial charge in [-0.1, -0.05) is 6.07 Å². The lowest BCUT2D eigenvalue weighted by molar-refractivity contribution is -0.137. The minimum absolute atomic E-state index is 0.0403. The summed E-state index contributed by atoms with van der Waals surface area (Å²) in [4.78, 5) is 16.2. The number of benzene rings is 1. The van der Waals surface area contributed by atoms with E-state index in [2.05, 4.69) is 4.90 Å². The molecular formula is C15H15F3N2O. The van der Waals surface area contributed by atoms with Crippen molar-refractivity contribution in [3.63, 3.8) is 0 Å². The average molecular weight is 296 g/mol. The second-order valence-electron chi connectivity index (χ2n) is 6.14. The third kappa shape index (κ3) is 1.88. The number of piperidine rings is 1. The second kappa shape index (κ2) is 4.22. The number of carbonyl (C=O) groups is 1. The molecule has 1 aliphatic carbocycles. The molecule has 1 aromatic rings. The highest BCUT2D eigenvalue weighted by atomic mass is 19.4. The lowest BCUT2D eigenvalue weighted by Gasteiger charge is -2.25. The first-order valence-corrected chi connectivity index (χ1v) is 7.19. The molecule has 4 rings (SSSR count). The molecule has 1 saturated carbocycles. The van der Waals surface area contributed by atoms with Crippen molar-refractivity contribution in [2.75, 3.05) is 11.6 Å². The van der Waals surface area contributed by atoms with Crippen LogP contribution in [0.15, 0.2) is 24.3 Å². The predicted molar refractivity (Wildman–Crippen MR) is 70.6 cm³/mol. The topological polar surface area (TPSA) is 23.6 Å². The molecule has 3 fully saturated rings. The highest BCUT2D eigenvalue weighted by molar-refractivity contribution is 6.00. The molecule has 2 saturated heterocycles. The lowest BCUT2D eigenvalue weighted by Crippen LogP contribution is -2.38. The van der Waals surface area contributed by atoms with Gasteiger partial charge in [0.2, 0.25) is 5.91 Å². The Balaban J connectivity index is 1.65. The summed E-state index contributed by atoms with van der Waals surface area (Å²) in [5, 5.41) is 0. The number of hydrogen-bond donors (Lipinski definition) is 0. The molecule has 3 nitrogen and oxygen atoms in total. The van der Waals surface area contributed by atoms with E-state index >= 15 is 0 Å². The molecule has 2 aliphatic heterocycles. The van der Waals surface area contributed by atoms with E-state index in [1.165, 1.54) is 11.0 Å². The van der Waals surface area contributed by atoms with Crippen LogP contribution in [-0.2, 0) is 11.0 Å². The molecule has 2 heterocycles. The molecule has 0 aromatic heterocycles. The highest BCUT2D eigenvalue weighted by Crippen LogP contribution is 2.46. The van der Waals surface area contributed by atoms with Crippen molar-refractivity contribution < 1.29 is 18.0 Å². The van der Waals surface area contributed by atoms with Gasteiger partial charge in [0.15, 0.2) is 0 Å². The quantitative estimate of drug-likeness (QED) is 0.795. The van der Waals surface area contributed by atoms with E-state index in [1.807, 2.05) is 0 Å². The Bertz CT molecular complexity index is 601. The molecule has 6 heteroatoms. The maximum absolute atomic E-state index is 12.8. The maximum atomic E-state index is 12.8. The zero-order valence-corrected chi connectivity index (χ0v) is 11.3. The Hall–Kier alpha value is -1.56. The smallest absolute Gasteiger partial charge is 0.298 e. The zero-order chi connectivity index (χ0) is 14.8. The number of alkyl halides is 3. The van der Waals surface area contributed by atoms with Gasteiger partial charge >= 0.3 is 6.18 Å². The number of fused-ring (bicyclic) bond motifs is 5. The largest absolute Gasteiger partial charge is 0.416 e. The van der Waals surface area contributed by atoms with Crippen LogP contribution in [0.5, 0.6) is 0 Å². The normalized spacial score (nSPS) is 32.0. The van der Waals surface area contributed by atoms with Crippen molar-refractivity contribution in [1.82, 2.24) is 4.90 Å². The summed E-state index contributed by atoms with van der Waals surface area (Å²) in [5.74, 6) is 0.347. The van der Waals surface area contributed by atoms with Crippen LogP contribution in [0.2, 0.25) is 0 Å². The van der Waals surface area contributed by atoms with Crippen molar-refractivity contribution in [3.8, 4) is 0 Å². The van der Waals surface area contributed by atoms with Gasteiger partial charge in [-0.2, -0.15) is 13.2 Å². The predicted octanol–water partition coefficient (Wildman–Crippen LogP) is 2.86. The van der Waals surface area contributed by atoms with Gasteiger partial charge in [0.1, 0.15) is 0 Å². The Kier molecular flexibility index (Phi) is 2.64. The van der Waals surface area contributed by atoms with Gasteiger partial charge in [0.05, 0.1) is 18.3 Å². The molecule has 1 amide bonds. The van der Waals surface area contributed by atoms with E-state index in [-0.39, 0.29) is 11.9 Å². The van der Waals surface area contributed by atoms with Crippen LogP contribution < -0.4 is 4.90 Å². The Labute approximate surface area is 120 Å². The summed E-state index contributed by atoms with van der Waals surface area (Å²) in [7, 11) is 0. The first-order valence-electron chi connectivity index (χ1n) is 7.19. The average Bonchev–Trinajstić information content (AvgIpc) is 3.11. The van der Waals surface area contributed by atoms with Crippen molar-refractivity contribution in [1.29, 1.82) is 0 Å². The van der Waals surface area contributed by atoms with Crippen LogP contribution in [0, 0.1) is 5.92 Å². The van der Waals surface area contributed by atoms with Crippen LogP contribution in [0.3, 0.4) is 0 Å². The Morgan fingerprint density at radius 1 is 1.19 bits per heavy atom. The van der Waals surface area contributed by atoms with E-state index in [0.717, 1.165) is 31.4 Å². The number of amides is 1. The van der Waals surface area contributed by atoms with Crippen LogP contribution in [0.4, 0.5) is 18.9 Å². The molecule has 1 aromatic carbocycles. The third-order valence-corrected chi connectivity index (χ3v) is 5.03. The van der Waals surface area contributed by atoms with Gasteiger partial charge in [-0.25, -0.2) is 0 Å². The minimum Gasteiger partial charge on any atom is -0.298 e. The van der Waals surface area contributed by atoms with Crippen LogP contribution in [0.25, 0.3) is 0 Å². The van der Waals surface area contributed by atoms with Gasteiger partial charge in [0, 0.05) is 11.7 Å². The van der Waals surface area contributed by atoms with E-state index in [4.69, 9.17) is 0 Å². The number of carbonyl (C=O) groups excluding carboxylic acids is 1. The van der Waals surface area contributed by atoms with Gasteiger partial charge in [-0.3, -0.25) is 14.6 Å². The van der Waals surface area contributed by atoms with E-state index in [1.54, 1.807) is 6.07 Å². The fraction of sp³-hybridized carbons (Fsp3) is 0.533. The summed E-state index contributed by atoms with van der Waals surface area (Å²) in [6.45, 7) is 0.423. The molecule has 3 atom stereocenters. The monoisotopic (exact) mass is 296 g/mol. The van der Waals surface area contributed by atoms with Crippen LogP contribution in [-0.4, -0.2) is 29.6 Å². The van der Waals surface area contributed by atoms with Gasteiger partial charge in [-0.05, 0) is 43.4 Å². The van der Waals surface area contributed by atoms with Crippen molar-refractivity contribution in [2.45, 2.75) is 37.5 Å². The molecule has 112 valence electrons. The van der Waals surface area contributed by atoms with Crippen LogP contribution in [0.1, 0.15) is 24.8 Å². The van der Waals surface area contributed by atoms with Crippen molar-refractivity contribution in [3.05, 3.63) is 29.8 Å². The maximum Gasteiger partial charge on any atom is 0.416 e. The third-order valence-electron chi connectivity index (χ3n) is 5.03. The van der Waals surface area contributed by atoms with Gasteiger partial charge < -0.3 is 0 Å². The van der Waals surface area contributed by atoms with Gasteiger partial charge in [0.25, 0.3) is 0 Å². The number of nitrogens with zero attached hydrogens (tertiary/aromatic N) is 2. The second-order valence-corrected chi connectivity index (χ2v) is 6.14. The number of anilines is 1. The zero-order valence-electron chi connectivity index (χ0n) is 11.3.